The second-order valence-electron chi connectivity index (χ2n) is 12.2. The first-order valence-corrected chi connectivity index (χ1v) is 14.7. The van der Waals surface area contributed by atoms with Crippen LogP contribution in [0, 0.1) is 17.8 Å². The summed E-state index contributed by atoms with van der Waals surface area (Å²) in [7, 11) is 0. The summed E-state index contributed by atoms with van der Waals surface area (Å²) >= 11 is 0. The van der Waals surface area contributed by atoms with Crippen LogP contribution in [0.5, 0.6) is 0 Å². The van der Waals surface area contributed by atoms with E-state index in [2.05, 4.69) is 20.4 Å². The van der Waals surface area contributed by atoms with Crippen LogP contribution in [-0.2, 0) is 11.3 Å². The molecule has 43 heavy (non-hydrogen) atoms. The number of aromatic nitrogens is 6. The minimum absolute atomic E-state index is 0.0192. The van der Waals surface area contributed by atoms with Crippen LogP contribution in [0.15, 0.2) is 18.5 Å². The summed E-state index contributed by atoms with van der Waals surface area (Å²) in [4.78, 5) is 38.4. The number of nitrogens with zero attached hydrogens (tertiary/aromatic N) is 6. The Morgan fingerprint density at radius 3 is 2.35 bits per heavy atom. The Morgan fingerprint density at radius 1 is 1.02 bits per heavy atom. The van der Waals surface area contributed by atoms with Gasteiger partial charge in [0.2, 0.25) is 23.4 Å². The first kappa shape index (κ1) is 29.4. The Bertz CT molecular complexity index is 1500. The molecule has 0 unspecified atom stereocenters. The molecule has 3 saturated carbocycles. The molecule has 2 amide bonds. The predicted molar refractivity (Wildman–Crippen MR) is 142 cm³/mol. The fourth-order valence-corrected chi connectivity index (χ4v) is 5.92. The summed E-state index contributed by atoms with van der Waals surface area (Å²) in [5.41, 5.74) is 6.58. The van der Waals surface area contributed by atoms with Crippen molar-refractivity contribution in [3.63, 3.8) is 0 Å². The van der Waals surface area contributed by atoms with Gasteiger partial charge in [0.1, 0.15) is 0 Å². The minimum atomic E-state index is -4.43. The molecule has 2 atom stereocenters. The molecule has 3 aromatic rings. The van der Waals surface area contributed by atoms with Crippen LogP contribution in [0.4, 0.5) is 22.0 Å². The molecule has 3 aromatic heterocycles. The second-order valence-corrected chi connectivity index (χ2v) is 12.2. The molecule has 232 valence electrons. The van der Waals surface area contributed by atoms with E-state index in [9.17, 15) is 31.5 Å². The van der Waals surface area contributed by atoms with E-state index in [4.69, 9.17) is 10.7 Å². The molecule has 0 spiro atoms. The number of hydrogen-bond acceptors (Lipinski definition) is 6. The third kappa shape index (κ3) is 6.96. The predicted octanol–water partition coefficient (Wildman–Crippen LogP) is 4.70. The van der Waals surface area contributed by atoms with E-state index in [1.807, 2.05) is 0 Å². The first-order chi connectivity index (χ1) is 20.3. The van der Waals surface area contributed by atoms with Gasteiger partial charge in [-0.05, 0) is 62.3 Å². The van der Waals surface area contributed by atoms with Crippen molar-refractivity contribution in [2.24, 2.45) is 23.5 Å². The number of fused-ring (bicyclic) bond motifs is 1. The van der Waals surface area contributed by atoms with Gasteiger partial charge in [-0.25, -0.2) is 28.4 Å². The monoisotopic (exact) mass is 608 g/mol. The number of nitrogens with two attached hydrogens (primary N) is 1. The number of primary amides is 1. The maximum Gasteiger partial charge on any atom is 0.389 e. The van der Waals surface area contributed by atoms with Gasteiger partial charge in [-0.2, -0.15) is 18.3 Å². The Labute approximate surface area is 243 Å². The van der Waals surface area contributed by atoms with Gasteiger partial charge in [0, 0.05) is 38.2 Å². The summed E-state index contributed by atoms with van der Waals surface area (Å²) in [6.07, 6.45) is 0.613. The maximum atomic E-state index is 14.1. The summed E-state index contributed by atoms with van der Waals surface area (Å²) in [5, 5.41) is 7.35. The number of carbonyl (C=O) groups excluding carboxylic acids is 2. The second kappa shape index (κ2) is 11.1. The molecule has 3 N–H and O–H groups in total. The molecule has 0 radical (unpaired) electrons. The van der Waals surface area contributed by atoms with Crippen molar-refractivity contribution < 1.29 is 31.5 Å². The fraction of sp³-hybridized carbons (Fsp3) is 0.643. The Balaban J connectivity index is 1.31. The van der Waals surface area contributed by atoms with E-state index in [0.29, 0.717) is 29.7 Å². The van der Waals surface area contributed by atoms with Crippen molar-refractivity contribution in [3.8, 4) is 0 Å². The number of amides is 2. The van der Waals surface area contributed by atoms with Crippen molar-refractivity contribution >= 4 is 17.6 Å². The van der Waals surface area contributed by atoms with Crippen LogP contribution in [0.2, 0.25) is 0 Å². The smallest absolute Gasteiger partial charge is 0.363 e. The molecule has 0 aliphatic heterocycles. The molecule has 10 nitrogen and oxygen atoms in total. The molecule has 3 fully saturated rings. The number of nitrogens with one attached hydrogen (secondary N) is 1. The zero-order valence-electron chi connectivity index (χ0n) is 23.4. The Hall–Kier alpha value is -3.65. The van der Waals surface area contributed by atoms with Gasteiger partial charge >= 0.3 is 6.18 Å². The minimum Gasteiger partial charge on any atom is -0.363 e. The third-order valence-electron chi connectivity index (χ3n) is 8.60. The van der Waals surface area contributed by atoms with Crippen LogP contribution in [0.1, 0.15) is 104 Å². The van der Waals surface area contributed by atoms with Crippen LogP contribution >= 0.6 is 0 Å². The quantitative estimate of drug-likeness (QED) is 0.304. The first-order valence-electron chi connectivity index (χ1n) is 14.7. The van der Waals surface area contributed by atoms with Crippen LogP contribution in [0.3, 0.4) is 0 Å². The van der Waals surface area contributed by atoms with Crippen molar-refractivity contribution in [2.75, 3.05) is 0 Å². The standard InChI is InChI=1S/C28H33F5N8O2/c29-27(30)9-5-16(6-10-27)21(24-38-25(23(34)43)41(39-24)13-15-1-2-15)19-14-40-12-8-18(35-26(40)36-19)22(17-3-4-17)37-20(42)7-11-28(31,32)33/h8,12,14-17,21-22H,1-7,9-11,13H2,(H2,34,43)(H,37,42)/t21-,22-/m0/s1. The lowest BCUT2D eigenvalue weighted by atomic mass is 9.77. The van der Waals surface area contributed by atoms with E-state index >= 15 is 0 Å². The normalized spacial score (nSPS) is 20.7. The van der Waals surface area contributed by atoms with Gasteiger partial charge in [-0.3, -0.25) is 14.0 Å². The summed E-state index contributed by atoms with van der Waals surface area (Å²) in [6, 6.07) is 1.13. The highest BCUT2D eigenvalue weighted by molar-refractivity contribution is 5.89. The van der Waals surface area contributed by atoms with E-state index in [1.54, 1.807) is 22.9 Å². The molecule has 3 aliphatic carbocycles. The molecular weight excluding hydrogens is 575 g/mol. The number of carbonyl (C=O) groups is 2. The van der Waals surface area contributed by atoms with E-state index in [0.717, 1.165) is 25.7 Å². The average molecular weight is 609 g/mol. The lowest BCUT2D eigenvalue weighted by Gasteiger charge is -2.31. The van der Waals surface area contributed by atoms with Gasteiger partial charge in [-0.15, -0.1) is 0 Å². The van der Waals surface area contributed by atoms with Crippen LogP contribution < -0.4 is 11.1 Å². The largest absolute Gasteiger partial charge is 0.389 e. The molecule has 0 bridgehead atoms. The van der Waals surface area contributed by atoms with Crippen LogP contribution in [0.25, 0.3) is 5.78 Å². The molecule has 3 heterocycles. The van der Waals surface area contributed by atoms with Crippen molar-refractivity contribution in [1.29, 1.82) is 0 Å². The van der Waals surface area contributed by atoms with E-state index in [-0.39, 0.29) is 49.1 Å². The topological polar surface area (TPSA) is 133 Å². The molecule has 6 rings (SSSR count). The molecule has 3 aliphatic rings. The maximum absolute atomic E-state index is 14.1. The summed E-state index contributed by atoms with van der Waals surface area (Å²) < 4.78 is 69.3. The van der Waals surface area contributed by atoms with Gasteiger partial charge in [0.15, 0.2) is 5.82 Å². The van der Waals surface area contributed by atoms with Gasteiger partial charge in [0.25, 0.3) is 5.91 Å². The average Bonchev–Trinajstić information content (AvgIpc) is 3.86. The fourth-order valence-electron chi connectivity index (χ4n) is 5.92. The molecular formula is C28H33F5N8O2. The van der Waals surface area contributed by atoms with Gasteiger partial charge in [0.05, 0.1) is 29.8 Å². The SMILES string of the molecule is NC(=O)c1nc([C@H](c2cn3ccc([C@@H](NC(=O)CCC(F)(F)F)C4CC4)nc3n2)C2CCC(F)(F)CC2)nn1CC1CC1. The number of imidazole rings is 1. The van der Waals surface area contributed by atoms with Crippen molar-refractivity contribution in [3.05, 3.63) is 41.5 Å². The van der Waals surface area contributed by atoms with E-state index < -0.39 is 48.7 Å². The van der Waals surface area contributed by atoms with Gasteiger partial charge in [-0.1, -0.05) is 0 Å². The third-order valence-corrected chi connectivity index (χ3v) is 8.60. The zero-order chi connectivity index (χ0) is 30.5. The lowest BCUT2D eigenvalue weighted by Crippen LogP contribution is -2.31. The van der Waals surface area contributed by atoms with Crippen LogP contribution in [-0.4, -0.2) is 53.0 Å². The number of alkyl halides is 5. The number of halogens is 5. The molecule has 0 aromatic carbocycles. The highest BCUT2D eigenvalue weighted by Crippen LogP contribution is 2.45. The van der Waals surface area contributed by atoms with E-state index in [1.165, 1.54) is 4.68 Å². The number of rotatable bonds is 11. The Morgan fingerprint density at radius 2 is 1.72 bits per heavy atom. The highest BCUT2D eigenvalue weighted by atomic mass is 19.4. The van der Waals surface area contributed by atoms with Gasteiger partial charge < -0.3 is 11.1 Å². The van der Waals surface area contributed by atoms with Crippen molar-refractivity contribution in [1.82, 2.24) is 34.4 Å². The lowest BCUT2D eigenvalue weighted by molar-refractivity contribution is -0.144. The summed E-state index contributed by atoms with van der Waals surface area (Å²) in [5.74, 6) is -4.02. The Kier molecular flexibility index (Phi) is 7.61. The number of hydrogen-bond donors (Lipinski definition) is 2. The zero-order valence-corrected chi connectivity index (χ0v) is 23.4. The molecule has 0 saturated heterocycles. The highest BCUT2D eigenvalue weighted by Gasteiger charge is 2.42. The molecule has 15 heteroatoms. The van der Waals surface area contributed by atoms with Crippen molar-refractivity contribution in [2.45, 2.75) is 94.8 Å². The summed E-state index contributed by atoms with van der Waals surface area (Å²) in [6.45, 7) is 0.494.